The molecule has 2 amide bonds. The Labute approximate surface area is 174 Å². The summed E-state index contributed by atoms with van der Waals surface area (Å²) < 4.78 is 0. The van der Waals surface area contributed by atoms with E-state index in [0.29, 0.717) is 17.4 Å². The molecule has 4 rings (SSSR count). The molecule has 29 heavy (non-hydrogen) atoms. The first kappa shape index (κ1) is 19.7. The van der Waals surface area contributed by atoms with Gasteiger partial charge in [0, 0.05) is 42.3 Å². The Kier molecular flexibility index (Phi) is 5.71. The largest absolute Gasteiger partial charge is 0.371 e. The van der Waals surface area contributed by atoms with E-state index in [4.69, 9.17) is 5.41 Å². The number of nitrogens with zero attached hydrogens (tertiary/aromatic N) is 3. The standard InChI is InChI=1S/C21H25N5O2S/c1-14-5-7-25(11-14)15-2-3-19-18(8-15)17(4-6-23-19)21(28)24-10-20(27)26-13-29-12-16(26)9-22/h2-4,6,8-9,14,16,22H,5,7,10-13H2,1H3,(H,24,28). The molecule has 152 valence electrons. The molecule has 0 radical (unpaired) electrons. The number of carbonyl (C=O) groups is 2. The molecule has 8 heteroatoms. The maximum atomic E-state index is 12.8. The Morgan fingerprint density at radius 1 is 1.38 bits per heavy atom. The fraction of sp³-hybridized carbons (Fsp3) is 0.429. The van der Waals surface area contributed by atoms with Crippen molar-refractivity contribution in [2.75, 3.05) is 36.2 Å². The Bertz CT molecular complexity index is 950. The van der Waals surface area contributed by atoms with Crippen LogP contribution >= 0.6 is 11.8 Å². The maximum Gasteiger partial charge on any atom is 0.252 e. The fourth-order valence-corrected chi connectivity index (χ4v) is 5.06. The first-order valence-corrected chi connectivity index (χ1v) is 11.0. The monoisotopic (exact) mass is 411 g/mol. The molecule has 2 atom stereocenters. The minimum atomic E-state index is -0.282. The van der Waals surface area contributed by atoms with Crippen molar-refractivity contribution in [3.63, 3.8) is 0 Å². The molecular weight excluding hydrogens is 386 g/mol. The van der Waals surface area contributed by atoms with Gasteiger partial charge in [0.1, 0.15) is 0 Å². The Morgan fingerprint density at radius 2 is 2.24 bits per heavy atom. The molecule has 1 aromatic carbocycles. The number of rotatable bonds is 5. The lowest BCUT2D eigenvalue weighted by Crippen LogP contribution is -2.43. The summed E-state index contributed by atoms with van der Waals surface area (Å²) in [6.45, 7) is 4.21. The van der Waals surface area contributed by atoms with Crippen molar-refractivity contribution in [1.82, 2.24) is 15.2 Å². The molecule has 2 fully saturated rings. The van der Waals surface area contributed by atoms with Crippen LogP contribution in [0.4, 0.5) is 5.69 Å². The van der Waals surface area contributed by atoms with E-state index in [1.807, 2.05) is 12.1 Å². The second-order valence-corrected chi connectivity index (χ2v) is 8.68. The van der Waals surface area contributed by atoms with Crippen LogP contribution in [-0.4, -0.2) is 65.2 Å². The number of nitrogens with one attached hydrogen (secondary N) is 2. The number of amides is 2. The summed E-state index contributed by atoms with van der Waals surface area (Å²) in [6, 6.07) is 7.55. The predicted molar refractivity (Wildman–Crippen MR) is 117 cm³/mol. The van der Waals surface area contributed by atoms with Gasteiger partial charge in [0.05, 0.1) is 29.5 Å². The third kappa shape index (κ3) is 4.07. The van der Waals surface area contributed by atoms with Crippen LogP contribution < -0.4 is 10.2 Å². The molecule has 3 heterocycles. The highest BCUT2D eigenvalue weighted by atomic mass is 32.2. The van der Waals surface area contributed by atoms with Gasteiger partial charge in [-0.3, -0.25) is 14.6 Å². The van der Waals surface area contributed by atoms with Crippen LogP contribution in [0.5, 0.6) is 0 Å². The van der Waals surface area contributed by atoms with Gasteiger partial charge in [0.25, 0.3) is 5.91 Å². The van der Waals surface area contributed by atoms with Crippen molar-refractivity contribution in [3.05, 3.63) is 36.0 Å². The number of benzene rings is 1. The molecule has 2 aliphatic heterocycles. The number of hydrogen-bond donors (Lipinski definition) is 2. The van der Waals surface area contributed by atoms with Crippen LogP contribution in [0.25, 0.3) is 10.9 Å². The van der Waals surface area contributed by atoms with Gasteiger partial charge >= 0.3 is 0 Å². The van der Waals surface area contributed by atoms with E-state index in [1.54, 1.807) is 28.9 Å². The van der Waals surface area contributed by atoms with Crippen LogP contribution in [0, 0.1) is 11.3 Å². The third-order valence-electron chi connectivity index (χ3n) is 5.59. The second kappa shape index (κ2) is 8.41. The average Bonchev–Trinajstić information content (AvgIpc) is 3.39. The smallest absolute Gasteiger partial charge is 0.252 e. The zero-order chi connectivity index (χ0) is 20.4. The molecule has 0 aliphatic carbocycles. The van der Waals surface area contributed by atoms with E-state index >= 15 is 0 Å². The predicted octanol–water partition coefficient (Wildman–Crippen LogP) is 2.36. The molecular formula is C21H25N5O2S. The minimum Gasteiger partial charge on any atom is -0.371 e. The van der Waals surface area contributed by atoms with Crippen LogP contribution in [-0.2, 0) is 4.79 Å². The number of hydrogen-bond acceptors (Lipinski definition) is 6. The van der Waals surface area contributed by atoms with Crippen molar-refractivity contribution in [2.24, 2.45) is 5.92 Å². The van der Waals surface area contributed by atoms with Crippen molar-refractivity contribution >= 4 is 46.4 Å². The van der Waals surface area contributed by atoms with Gasteiger partial charge in [-0.2, -0.15) is 0 Å². The van der Waals surface area contributed by atoms with Crippen LogP contribution in [0.1, 0.15) is 23.7 Å². The Hall–Kier alpha value is -2.61. The van der Waals surface area contributed by atoms with E-state index < -0.39 is 0 Å². The first-order valence-electron chi connectivity index (χ1n) is 9.86. The van der Waals surface area contributed by atoms with E-state index in [-0.39, 0.29) is 24.4 Å². The van der Waals surface area contributed by atoms with Gasteiger partial charge in [0.15, 0.2) is 0 Å². The average molecular weight is 412 g/mol. The summed E-state index contributed by atoms with van der Waals surface area (Å²) in [5.74, 6) is 1.51. The Morgan fingerprint density at radius 3 is 3.00 bits per heavy atom. The summed E-state index contributed by atoms with van der Waals surface area (Å²) in [7, 11) is 0. The molecule has 0 bridgehead atoms. The number of carbonyl (C=O) groups excluding carboxylic acids is 2. The van der Waals surface area contributed by atoms with Gasteiger partial charge < -0.3 is 20.5 Å². The van der Waals surface area contributed by atoms with E-state index in [1.165, 1.54) is 12.6 Å². The summed E-state index contributed by atoms with van der Waals surface area (Å²) in [5.41, 5.74) is 2.39. The molecule has 2 N–H and O–H groups in total. The van der Waals surface area contributed by atoms with E-state index in [2.05, 4.69) is 28.2 Å². The zero-order valence-electron chi connectivity index (χ0n) is 16.4. The van der Waals surface area contributed by atoms with Crippen molar-refractivity contribution in [3.8, 4) is 0 Å². The van der Waals surface area contributed by atoms with Crippen molar-refractivity contribution in [1.29, 1.82) is 5.41 Å². The number of pyridine rings is 1. The topological polar surface area (TPSA) is 89.4 Å². The van der Waals surface area contributed by atoms with E-state index in [0.717, 1.165) is 35.4 Å². The highest BCUT2D eigenvalue weighted by molar-refractivity contribution is 7.99. The van der Waals surface area contributed by atoms with Crippen LogP contribution in [0.15, 0.2) is 30.5 Å². The van der Waals surface area contributed by atoms with Gasteiger partial charge in [0.2, 0.25) is 5.91 Å². The quantitative estimate of drug-likeness (QED) is 0.738. The SMILES string of the molecule is CC1CCN(c2ccc3nccc(C(=O)NCC(=O)N4CSCC4C=N)c3c2)C1. The molecule has 2 aromatic rings. The highest BCUT2D eigenvalue weighted by Crippen LogP contribution is 2.28. The number of thioether (sulfide) groups is 1. The maximum absolute atomic E-state index is 12.8. The highest BCUT2D eigenvalue weighted by Gasteiger charge is 2.28. The fourth-order valence-electron chi connectivity index (χ4n) is 3.90. The van der Waals surface area contributed by atoms with Crippen LogP contribution in [0.2, 0.25) is 0 Å². The molecule has 7 nitrogen and oxygen atoms in total. The summed E-state index contributed by atoms with van der Waals surface area (Å²) >= 11 is 1.62. The van der Waals surface area contributed by atoms with E-state index in [9.17, 15) is 9.59 Å². The molecule has 2 saturated heterocycles. The minimum absolute atomic E-state index is 0.0725. The first-order chi connectivity index (χ1) is 14.1. The lowest BCUT2D eigenvalue weighted by molar-refractivity contribution is -0.129. The van der Waals surface area contributed by atoms with Gasteiger partial charge in [-0.1, -0.05) is 6.92 Å². The number of aromatic nitrogens is 1. The second-order valence-electron chi connectivity index (χ2n) is 7.68. The Balaban J connectivity index is 1.51. The molecule has 0 spiro atoms. The summed E-state index contributed by atoms with van der Waals surface area (Å²) in [5, 5.41) is 11.0. The van der Waals surface area contributed by atoms with Gasteiger partial charge in [-0.15, -0.1) is 11.8 Å². The number of anilines is 1. The zero-order valence-corrected chi connectivity index (χ0v) is 17.2. The summed E-state index contributed by atoms with van der Waals surface area (Å²) in [4.78, 5) is 33.6. The van der Waals surface area contributed by atoms with Gasteiger partial charge in [-0.05, 0) is 36.6 Å². The summed E-state index contributed by atoms with van der Waals surface area (Å²) in [6.07, 6.45) is 4.09. The normalized spacial score (nSPS) is 21.6. The lowest BCUT2D eigenvalue weighted by atomic mass is 10.1. The lowest BCUT2D eigenvalue weighted by Gasteiger charge is -2.21. The third-order valence-corrected chi connectivity index (χ3v) is 6.63. The van der Waals surface area contributed by atoms with Crippen LogP contribution in [0.3, 0.4) is 0 Å². The van der Waals surface area contributed by atoms with Gasteiger partial charge in [-0.25, -0.2) is 0 Å². The molecule has 2 unspecified atom stereocenters. The number of fused-ring (bicyclic) bond motifs is 1. The molecule has 2 aliphatic rings. The van der Waals surface area contributed by atoms with Crippen molar-refractivity contribution in [2.45, 2.75) is 19.4 Å². The molecule has 1 aromatic heterocycles. The van der Waals surface area contributed by atoms with Crippen molar-refractivity contribution < 1.29 is 9.59 Å². The molecule has 0 saturated carbocycles.